The summed E-state index contributed by atoms with van der Waals surface area (Å²) in [5.74, 6) is 17.1. The molecule has 0 radical (unpaired) electrons. The van der Waals surface area contributed by atoms with Crippen LogP contribution in [0.3, 0.4) is 0 Å². The minimum Gasteiger partial charge on any atom is -0.130 e. The second-order valence-corrected chi connectivity index (χ2v) is 30.8. The maximum atomic E-state index is 4.42. The fraction of sp³-hybridized carbons (Fsp3) is 0.909. The van der Waals surface area contributed by atoms with Gasteiger partial charge in [-0.25, -0.2) is 0 Å². The highest BCUT2D eigenvalue weighted by atomic mass is 28.3. The predicted octanol–water partition coefficient (Wildman–Crippen LogP) is 13.3. The molecule has 5 aliphatic rings. The maximum absolute atomic E-state index is 4.42. The summed E-state index contributed by atoms with van der Waals surface area (Å²) < 4.78 is 0. The first-order chi connectivity index (χ1) is 21.7. The van der Waals surface area contributed by atoms with E-state index in [1.54, 1.807) is 0 Å². The number of rotatable bonds is 6. The van der Waals surface area contributed by atoms with Crippen LogP contribution in [0.5, 0.6) is 0 Å². The van der Waals surface area contributed by atoms with Gasteiger partial charge in [-0.2, -0.15) is 0 Å². The van der Waals surface area contributed by atoms with Gasteiger partial charge in [-0.15, -0.1) is 22.9 Å². The summed E-state index contributed by atoms with van der Waals surface area (Å²) >= 11 is 0. The van der Waals surface area contributed by atoms with Crippen LogP contribution in [0.15, 0.2) is 0 Å². The van der Waals surface area contributed by atoms with Gasteiger partial charge < -0.3 is 0 Å². The highest BCUT2D eigenvalue weighted by Gasteiger charge is 2.56. The molecule has 8 unspecified atom stereocenters. The van der Waals surface area contributed by atoms with E-state index in [0.717, 1.165) is 80.6 Å². The summed E-state index contributed by atoms with van der Waals surface area (Å²) in [5, 5.41) is 0. The van der Waals surface area contributed by atoms with Crippen LogP contribution in [0.25, 0.3) is 0 Å². The Morgan fingerprint density at radius 1 is 0.370 bits per heavy atom. The molecule has 260 valence electrons. The lowest BCUT2D eigenvalue weighted by molar-refractivity contribution is -0.0807. The molecule has 0 spiro atoms. The van der Waals surface area contributed by atoms with E-state index < -0.39 is 16.1 Å². The van der Waals surface area contributed by atoms with Gasteiger partial charge in [-0.3, -0.25) is 0 Å². The summed E-state index contributed by atoms with van der Waals surface area (Å²) in [6, 6.07) is 0. The van der Waals surface area contributed by atoms with Crippen molar-refractivity contribution >= 4 is 16.1 Å². The summed E-state index contributed by atoms with van der Waals surface area (Å²) in [7, 11) is -3.54. The first-order valence-electron chi connectivity index (χ1n) is 20.8. The van der Waals surface area contributed by atoms with Crippen molar-refractivity contribution in [3.63, 3.8) is 0 Å². The average molecular weight is 661 g/mol. The van der Waals surface area contributed by atoms with E-state index in [1.807, 2.05) is 0 Å². The van der Waals surface area contributed by atoms with Gasteiger partial charge in [-0.1, -0.05) is 134 Å². The summed E-state index contributed by atoms with van der Waals surface area (Å²) in [6.45, 7) is 30.3. The third-order valence-electron chi connectivity index (χ3n) is 16.0. The Morgan fingerprint density at radius 3 is 0.783 bits per heavy atom. The normalized spacial score (nSPS) is 36.5. The summed E-state index contributed by atoms with van der Waals surface area (Å²) in [5.41, 5.74) is 13.1. The van der Waals surface area contributed by atoms with Crippen molar-refractivity contribution in [1.29, 1.82) is 0 Å². The lowest BCUT2D eigenvalue weighted by Gasteiger charge is -2.59. The van der Waals surface area contributed by atoms with E-state index in [0.29, 0.717) is 11.8 Å². The molecule has 46 heavy (non-hydrogen) atoms. The van der Waals surface area contributed by atoms with Crippen LogP contribution in [0.4, 0.5) is 0 Å². The van der Waals surface area contributed by atoms with Crippen LogP contribution >= 0.6 is 0 Å². The molecule has 0 amide bonds. The third kappa shape index (κ3) is 6.57. The second kappa shape index (κ2) is 14.8. The predicted molar refractivity (Wildman–Crippen MR) is 208 cm³/mol. The van der Waals surface area contributed by atoms with Crippen LogP contribution in [0.2, 0.25) is 33.2 Å². The van der Waals surface area contributed by atoms with Gasteiger partial charge in [0.2, 0.25) is 0 Å². The van der Waals surface area contributed by atoms with E-state index in [1.165, 1.54) is 77.0 Å². The minimum atomic E-state index is -1.77. The molecule has 0 aromatic carbocycles. The Hall–Kier alpha value is -0.446. The molecule has 0 saturated heterocycles. The zero-order valence-corrected chi connectivity index (χ0v) is 34.7. The highest BCUT2D eigenvalue weighted by Crippen LogP contribution is 2.62. The van der Waals surface area contributed by atoms with Gasteiger partial charge in [0.1, 0.15) is 16.1 Å². The smallest absolute Gasteiger partial charge is 0.130 e. The summed E-state index contributed by atoms with van der Waals surface area (Å²) in [4.78, 5) is 0. The van der Waals surface area contributed by atoms with Crippen molar-refractivity contribution in [1.82, 2.24) is 0 Å². The molecule has 0 N–H and O–H groups in total. The molecule has 8 atom stereocenters. The van der Waals surface area contributed by atoms with Crippen LogP contribution in [-0.4, -0.2) is 16.1 Å². The standard InChI is InChI=1S/C44H76Si2/c1-29(2)45(30(3)4,31(5)6)23-21-39-41-25-35-17-13-15-19-37(35)27-43(41)40(22-24-46(32(7)8,33(9)10)34(11)12)44-28-38-20-16-14-18-36(38)26-42(39)44/h29-44H,13-20,25-28H2,1-12H3. The molecule has 0 aromatic heterocycles. The van der Waals surface area contributed by atoms with E-state index in [2.05, 4.69) is 106 Å². The molecule has 5 rings (SSSR count). The molecule has 0 bridgehead atoms. The Labute approximate surface area is 290 Å². The Morgan fingerprint density at radius 2 is 0.587 bits per heavy atom. The third-order valence-corrected chi connectivity index (χ3v) is 28.6. The van der Waals surface area contributed by atoms with Crippen molar-refractivity contribution in [2.24, 2.45) is 59.2 Å². The zero-order valence-electron chi connectivity index (χ0n) is 32.7. The summed E-state index contributed by atoms with van der Waals surface area (Å²) in [6.07, 6.45) is 17.8. The van der Waals surface area contributed by atoms with Crippen molar-refractivity contribution < 1.29 is 0 Å². The van der Waals surface area contributed by atoms with E-state index >= 15 is 0 Å². The molecular weight excluding hydrogens is 585 g/mol. The molecule has 0 aliphatic heterocycles. The zero-order chi connectivity index (χ0) is 33.6. The molecule has 5 aliphatic carbocycles. The molecule has 0 nitrogen and oxygen atoms in total. The highest BCUT2D eigenvalue weighted by molar-refractivity contribution is 6.91. The van der Waals surface area contributed by atoms with Crippen molar-refractivity contribution in [2.45, 2.75) is 193 Å². The first-order valence-corrected chi connectivity index (χ1v) is 25.3. The number of hydrogen-bond acceptors (Lipinski definition) is 0. The molecule has 0 aromatic rings. The average Bonchev–Trinajstić information content (AvgIpc) is 2.99. The van der Waals surface area contributed by atoms with Crippen molar-refractivity contribution in [3.05, 3.63) is 0 Å². The lowest BCUT2D eigenvalue weighted by Crippen LogP contribution is -2.53. The molecule has 5 fully saturated rings. The monoisotopic (exact) mass is 661 g/mol. The van der Waals surface area contributed by atoms with Gasteiger partial charge in [0, 0.05) is 11.8 Å². The lowest BCUT2D eigenvalue weighted by atomic mass is 9.45. The number of fused-ring (bicyclic) bond motifs is 4. The molecule has 2 heteroatoms. The Balaban J connectivity index is 1.65. The van der Waals surface area contributed by atoms with E-state index in [4.69, 9.17) is 0 Å². The Bertz CT molecular complexity index is 962. The second-order valence-electron chi connectivity index (χ2n) is 19.6. The van der Waals surface area contributed by atoms with Gasteiger partial charge >= 0.3 is 0 Å². The van der Waals surface area contributed by atoms with Gasteiger partial charge in [-0.05, 0) is 106 Å². The minimum absolute atomic E-state index is 0.629. The largest absolute Gasteiger partial charge is 0.145 e. The van der Waals surface area contributed by atoms with Crippen LogP contribution in [0, 0.1) is 82.1 Å². The molecule has 5 saturated carbocycles. The van der Waals surface area contributed by atoms with Crippen molar-refractivity contribution in [2.75, 3.05) is 0 Å². The van der Waals surface area contributed by atoms with Gasteiger partial charge in [0.15, 0.2) is 0 Å². The fourth-order valence-corrected chi connectivity index (χ4v) is 24.5. The van der Waals surface area contributed by atoms with Crippen LogP contribution < -0.4 is 0 Å². The van der Waals surface area contributed by atoms with E-state index in [-0.39, 0.29) is 0 Å². The molecular formula is C44H76Si2. The Kier molecular flexibility index (Phi) is 11.9. The van der Waals surface area contributed by atoms with Gasteiger partial charge in [0.05, 0.1) is 0 Å². The fourth-order valence-electron chi connectivity index (χ4n) is 13.9. The first kappa shape index (κ1) is 36.8. The topological polar surface area (TPSA) is 0 Å². The maximum Gasteiger partial charge on any atom is 0.145 e. The van der Waals surface area contributed by atoms with Crippen LogP contribution in [0.1, 0.15) is 160 Å². The van der Waals surface area contributed by atoms with Crippen molar-refractivity contribution in [3.8, 4) is 22.9 Å². The van der Waals surface area contributed by atoms with E-state index in [9.17, 15) is 0 Å². The van der Waals surface area contributed by atoms with Gasteiger partial charge in [0.25, 0.3) is 0 Å². The molecule has 0 heterocycles. The SMILES string of the molecule is CC(C)[Si](C#CC1C2CC3CCCCC3CC2C(C#C[Si](C(C)C)(C(C)C)C(C)C)C2CC3CCCCC3CC12)(C(C)C)C(C)C. The quantitative estimate of drug-likeness (QED) is 0.196. The van der Waals surface area contributed by atoms with Crippen LogP contribution in [-0.2, 0) is 0 Å². The number of hydrogen-bond donors (Lipinski definition) is 0.